The summed E-state index contributed by atoms with van der Waals surface area (Å²) in [6, 6.07) is 26.0. The normalized spacial score (nSPS) is 11.7. The van der Waals surface area contributed by atoms with Gasteiger partial charge in [0, 0.05) is 16.5 Å². The molecule has 0 amide bonds. The Hall–Kier alpha value is -2.23. The molecule has 0 aliphatic carbocycles. The Morgan fingerprint density at radius 3 is 2.34 bits per heavy atom. The van der Waals surface area contributed by atoms with Gasteiger partial charge in [0.2, 0.25) is 0 Å². The number of para-hydroxylation sites is 1. The second-order valence-corrected chi connectivity index (χ2v) is 7.70. The minimum Gasteiger partial charge on any atom is -0.497 e. The first-order valence-electron chi connectivity index (χ1n) is 9.62. The smallest absolute Gasteiger partial charge is 0.127 e. The first kappa shape index (κ1) is 21.5. The number of unbranched alkanes of at least 4 members (excludes halogenated alkanes) is 1. The lowest BCUT2D eigenvalue weighted by Crippen LogP contribution is -2.01. The average molecular weight is 472 g/mol. The van der Waals surface area contributed by atoms with E-state index in [2.05, 4.69) is 34.1 Å². The Bertz CT molecular complexity index is 954. The fourth-order valence-electron chi connectivity index (χ4n) is 3.09. The van der Waals surface area contributed by atoms with Crippen LogP contribution in [0.15, 0.2) is 78.9 Å². The summed E-state index contributed by atoms with van der Waals surface area (Å²) in [6.45, 7) is 0.668. The van der Waals surface area contributed by atoms with Gasteiger partial charge in [0.1, 0.15) is 11.5 Å². The van der Waals surface area contributed by atoms with Crippen LogP contribution in [-0.4, -0.2) is 19.0 Å². The lowest BCUT2D eigenvalue weighted by molar-refractivity contribution is 0.309. The number of benzene rings is 3. The fraction of sp³-hybridized carbons (Fsp3) is 0.200. The first-order chi connectivity index (χ1) is 14.2. The van der Waals surface area contributed by atoms with E-state index in [9.17, 15) is 0 Å². The predicted molar refractivity (Wildman–Crippen MR) is 126 cm³/mol. The summed E-state index contributed by atoms with van der Waals surface area (Å²) in [4.78, 5) is 0. The third kappa shape index (κ3) is 5.65. The molecule has 3 rings (SSSR count). The standard InChI is InChI=1S/C25H24BrClO2/c1-28-21-13-9-12-20(18-21)25(27)24(19-10-3-2-4-11-19)22-14-5-6-15-23(22)29-17-8-7-16-26/h2-6,9-15,18H,7-8,16-17H2,1H3/b25-24-. The van der Waals surface area contributed by atoms with E-state index in [4.69, 9.17) is 21.1 Å². The summed E-state index contributed by atoms with van der Waals surface area (Å²) in [5.74, 6) is 1.61. The van der Waals surface area contributed by atoms with Crippen LogP contribution in [0.3, 0.4) is 0 Å². The maximum atomic E-state index is 6.99. The number of hydrogen-bond donors (Lipinski definition) is 0. The molecule has 3 aromatic carbocycles. The zero-order chi connectivity index (χ0) is 20.5. The quantitative estimate of drug-likeness (QED) is 0.184. The van der Waals surface area contributed by atoms with E-state index in [0.717, 1.165) is 51.9 Å². The van der Waals surface area contributed by atoms with E-state index in [1.54, 1.807) is 7.11 Å². The largest absolute Gasteiger partial charge is 0.497 e. The summed E-state index contributed by atoms with van der Waals surface area (Å²) in [7, 11) is 1.66. The van der Waals surface area contributed by atoms with Crippen molar-refractivity contribution in [1.29, 1.82) is 0 Å². The highest BCUT2D eigenvalue weighted by Crippen LogP contribution is 2.39. The molecular weight excluding hydrogens is 448 g/mol. The van der Waals surface area contributed by atoms with Gasteiger partial charge in [-0.2, -0.15) is 0 Å². The van der Waals surface area contributed by atoms with Crippen molar-refractivity contribution in [1.82, 2.24) is 0 Å². The van der Waals surface area contributed by atoms with Crippen molar-refractivity contribution in [3.05, 3.63) is 95.6 Å². The van der Waals surface area contributed by atoms with Crippen molar-refractivity contribution >= 4 is 38.1 Å². The summed E-state index contributed by atoms with van der Waals surface area (Å²) in [6.07, 6.45) is 2.07. The van der Waals surface area contributed by atoms with Crippen molar-refractivity contribution in [3.63, 3.8) is 0 Å². The Morgan fingerprint density at radius 2 is 1.59 bits per heavy atom. The molecule has 0 radical (unpaired) electrons. The van der Waals surface area contributed by atoms with Crippen molar-refractivity contribution in [2.45, 2.75) is 12.8 Å². The van der Waals surface area contributed by atoms with Crippen molar-refractivity contribution in [3.8, 4) is 11.5 Å². The lowest BCUT2D eigenvalue weighted by Gasteiger charge is -2.17. The molecule has 29 heavy (non-hydrogen) atoms. The molecule has 2 nitrogen and oxygen atoms in total. The SMILES string of the molecule is COc1cccc(/C(Cl)=C(\c2ccccc2)c2ccccc2OCCCCBr)c1. The van der Waals surface area contributed by atoms with Gasteiger partial charge >= 0.3 is 0 Å². The Labute approximate surface area is 186 Å². The summed E-state index contributed by atoms with van der Waals surface area (Å²) >= 11 is 10.5. The molecule has 3 aromatic rings. The highest BCUT2D eigenvalue weighted by Gasteiger charge is 2.17. The van der Waals surface area contributed by atoms with Gasteiger partial charge in [-0.3, -0.25) is 0 Å². The fourth-order valence-corrected chi connectivity index (χ4v) is 3.81. The number of methoxy groups -OCH3 is 1. The highest BCUT2D eigenvalue weighted by molar-refractivity contribution is 9.09. The zero-order valence-corrected chi connectivity index (χ0v) is 18.7. The molecule has 0 heterocycles. The average Bonchev–Trinajstić information content (AvgIpc) is 2.78. The molecule has 0 aliphatic heterocycles. The van der Waals surface area contributed by atoms with Gasteiger partial charge in [0.25, 0.3) is 0 Å². The molecule has 0 fully saturated rings. The van der Waals surface area contributed by atoms with Gasteiger partial charge in [-0.25, -0.2) is 0 Å². The van der Waals surface area contributed by atoms with Gasteiger partial charge < -0.3 is 9.47 Å². The van der Waals surface area contributed by atoms with E-state index in [1.807, 2.05) is 60.7 Å². The Morgan fingerprint density at radius 1 is 0.862 bits per heavy atom. The molecule has 0 unspecified atom stereocenters. The Kier molecular flexibility index (Phi) is 8.21. The van der Waals surface area contributed by atoms with Crippen molar-refractivity contribution in [2.24, 2.45) is 0 Å². The second kappa shape index (κ2) is 11.1. The minimum absolute atomic E-state index is 0.659. The number of halogens is 2. The second-order valence-electron chi connectivity index (χ2n) is 6.53. The first-order valence-corrected chi connectivity index (χ1v) is 11.1. The molecule has 0 N–H and O–H groups in total. The van der Waals surface area contributed by atoms with Crippen LogP contribution >= 0.6 is 27.5 Å². The van der Waals surface area contributed by atoms with Gasteiger partial charge in [-0.1, -0.05) is 88.2 Å². The molecule has 4 heteroatoms. The molecule has 0 spiro atoms. The molecular formula is C25H24BrClO2. The number of ether oxygens (including phenoxy) is 2. The Balaban J connectivity index is 2.10. The zero-order valence-electron chi connectivity index (χ0n) is 16.4. The number of alkyl halides is 1. The number of hydrogen-bond acceptors (Lipinski definition) is 2. The number of rotatable bonds is 9. The van der Waals surface area contributed by atoms with Crippen LogP contribution in [0.1, 0.15) is 29.5 Å². The van der Waals surface area contributed by atoms with Crippen LogP contribution in [0, 0.1) is 0 Å². The highest BCUT2D eigenvalue weighted by atomic mass is 79.9. The van der Waals surface area contributed by atoms with Crippen LogP contribution in [-0.2, 0) is 0 Å². The van der Waals surface area contributed by atoms with Crippen LogP contribution in [0.5, 0.6) is 11.5 Å². The van der Waals surface area contributed by atoms with Gasteiger partial charge in [-0.05, 0) is 42.2 Å². The monoisotopic (exact) mass is 470 g/mol. The summed E-state index contributed by atoms with van der Waals surface area (Å²) in [5, 5.41) is 1.64. The third-order valence-electron chi connectivity index (χ3n) is 4.55. The molecule has 0 saturated heterocycles. The maximum Gasteiger partial charge on any atom is 0.127 e. The molecule has 0 saturated carbocycles. The van der Waals surface area contributed by atoms with Crippen molar-refractivity contribution < 1.29 is 9.47 Å². The summed E-state index contributed by atoms with van der Waals surface area (Å²) < 4.78 is 11.5. The lowest BCUT2D eigenvalue weighted by atomic mass is 9.94. The van der Waals surface area contributed by atoms with Gasteiger partial charge in [-0.15, -0.1) is 0 Å². The third-order valence-corrected chi connectivity index (χ3v) is 5.52. The molecule has 0 aromatic heterocycles. The minimum atomic E-state index is 0.659. The van der Waals surface area contributed by atoms with Crippen LogP contribution in [0.25, 0.3) is 10.6 Å². The van der Waals surface area contributed by atoms with Crippen LogP contribution in [0.4, 0.5) is 0 Å². The van der Waals surface area contributed by atoms with Crippen molar-refractivity contribution in [2.75, 3.05) is 19.0 Å². The van der Waals surface area contributed by atoms with Gasteiger partial charge in [0.15, 0.2) is 0 Å². The summed E-state index contributed by atoms with van der Waals surface area (Å²) in [5.41, 5.74) is 3.86. The molecule has 0 atom stereocenters. The van der Waals surface area contributed by atoms with E-state index in [1.165, 1.54) is 0 Å². The van der Waals surface area contributed by atoms with E-state index < -0.39 is 0 Å². The van der Waals surface area contributed by atoms with Crippen LogP contribution < -0.4 is 9.47 Å². The maximum absolute atomic E-state index is 6.99. The van der Waals surface area contributed by atoms with E-state index in [-0.39, 0.29) is 0 Å². The molecule has 0 aliphatic rings. The van der Waals surface area contributed by atoms with Gasteiger partial charge in [0.05, 0.1) is 18.7 Å². The topological polar surface area (TPSA) is 18.5 Å². The molecule has 150 valence electrons. The predicted octanol–water partition coefficient (Wildman–Crippen LogP) is 7.40. The van der Waals surface area contributed by atoms with E-state index in [0.29, 0.717) is 11.6 Å². The molecule has 0 bridgehead atoms. The van der Waals surface area contributed by atoms with Crippen LogP contribution in [0.2, 0.25) is 0 Å². The van der Waals surface area contributed by atoms with E-state index >= 15 is 0 Å².